The molecule has 0 fully saturated rings. The number of hydrogen-bond acceptors (Lipinski definition) is 4. The Morgan fingerprint density at radius 1 is 0.969 bits per heavy atom. The predicted molar refractivity (Wildman–Crippen MR) is 127 cm³/mol. The molecule has 0 saturated carbocycles. The summed E-state index contributed by atoms with van der Waals surface area (Å²) in [6, 6.07) is 18.4. The van der Waals surface area contributed by atoms with Gasteiger partial charge in [-0.1, -0.05) is 35.9 Å². The third-order valence-corrected chi connectivity index (χ3v) is 5.82. The lowest BCUT2D eigenvalue weighted by Crippen LogP contribution is -2.36. The molecular weight excluding hydrogens is 422 g/mol. The van der Waals surface area contributed by atoms with Crippen molar-refractivity contribution in [1.29, 1.82) is 0 Å². The predicted octanol–water partition coefficient (Wildman–Crippen LogP) is 4.89. The summed E-state index contributed by atoms with van der Waals surface area (Å²) in [5.41, 5.74) is 4.20. The highest BCUT2D eigenvalue weighted by molar-refractivity contribution is 6.45. The van der Waals surface area contributed by atoms with Crippen LogP contribution in [-0.2, 0) is 16.0 Å². The van der Waals surface area contributed by atoms with Crippen LogP contribution in [0.15, 0.2) is 78.8 Å². The van der Waals surface area contributed by atoms with Crippen LogP contribution in [-0.4, -0.2) is 34.8 Å². The van der Waals surface area contributed by atoms with Crippen LogP contribution in [0.25, 0.3) is 5.57 Å². The van der Waals surface area contributed by atoms with E-state index in [2.05, 4.69) is 4.98 Å². The summed E-state index contributed by atoms with van der Waals surface area (Å²) in [5, 5.41) is 0.577. The summed E-state index contributed by atoms with van der Waals surface area (Å²) in [5.74, 6) is -0.623. The quantitative estimate of drug-likeness (QED) is 0.486. The van der Waals surface area contributed by atoms with E-state index in [0.29, 0.717) is 40.6 Å². The Morgan fingerprint density at radius 3 is 2.34 bits per heavy atom. The van der Waals surface area contributed by atoms with E-state index in [4.69, 9.17) is 11.6 Å². The molecule has 1 aromatic heterocycles. The van der Waals surface area contributed by atoms with Crippen molar-refractivity contribution < 1.29 is 9.59 Å². The van der Waals surface area contributed by atoms with Crippen LogP contribution < -0.4 is 4.90 Å². The van der Waals surface area contributed by atoms with Gasteiger partial charge >= 0.3 is 0 Å². The van der Waals surface area contributed by atoms with Crippen LogP contribution in [0.1, 0.15) is 23.6 Å². The maximum Gasteiger partial charge on any atom is 0.282 e. The summed E-state index contributed by atoms with van der Waals surface area (Å²) in [7, 11) is 0. The molecule has 3 aromatic rings. The zero-order valence-electron chi connectivity index (χ0n) is 18.1. The van der Waals surface area contributed by atoms with Gasteiger partial charge in [-0.3, -0.25) is 14.6 Å². The lowest BCUT2D eigenvalue weighted by atomic mass is 10.0. The van der Waals surface area contributed by atoms with Gasteiger partial charge in [0.2, 0.25) is 0 Å². The first-order chi connectivity index (χ1) is 15.5. The Bertz CT molecular complexity index is 1170. The highest BCUT2D eigenvalue weighted by Crippen LogP contribution is 2.35. The summed E-state index contributed by atoms with van der Waals surface area (Å²) in [6.07, 6.45) is 4.25. The lowest BCUT2D eigenvalue weighted by molar-refractivity contribution is -0.120. The molecule has 2 aromatic carbocycles. The van der Waals surface area contributed by atoms with Crippen LogP contribution >= 0.6 is 11.6 Å². The van der Waals surface area contributed by atoms with E-state index in [1.165, 1.54) is 4.90 Å². The van der Waals surface area contributed by atoms with Gasteiger partial charge in [0.1, 0.15) is 5.70 Å². The van der Waals surface area contributed by atoms with Crippen molar-refractivity contribution in [2.45, 2.75) is 20.3 Å². The molecule has 5 nitrogen and oxygen atoms in total. The molecule has 2 heterocycles. The molecule has 0 spiro atoms. The molecule has 0 unspecified atom stereocenters. The van der Waals surface area contributed by atoms with Crippen molar-refractivity contribution in [1.82, 2.24) is 9.88 Å². The summed E-state index contributed by atoms with van der Waals surface area (Å²) < 4.78 is 0. The molecule has 6 heteroatoms. The topological polar surface area (TPSA) is 53.5 Å². The van der Waals surface area contributed by atoms with Crippen LogP contribution in [0.5, 0.6) is 0 Å². The SMILES string of the molecule is CCN(CCc1ccncc1)C1=C(c2ccc(Cl)cc2)C(=O)N(c2cccc(C)c2)C1=O. The van der Waals surface area contributed by atoms with Gasteiger partial charge in [0.25, 0.3) is 11.8 Å². The largest absolute Gasteiger partial charge is 0.366 e. The molecular formula is C26H24ClN3O2. The number of rotatable bonds is 7. The molecule has 0 radical (unpaired) electrons. The number of halogens is 1. The van der Waals surface area contributed by atoms with Gasteiger partial charge in [-0.15, -0.1) is 0 Å². The van der Waals surface area contributed by atoms with E-state index >= 15 is 0 Å². The van der Waals surface area contributed by atoms with Crippen molar-refractivity contribution in [3.63, 3.8) is 0 Å². The van der Waals surface area contributed by atoms with Gasteiger partial charge in [-0.05, 0) is 73.4 Å². The number of anilines is 1. The average Bonchev–Trinajstić information content (AvgIpc) is 3.06. The number of benzene rings is 2. The molecule has 4 rings (SSSR count). The molecule has 0 bridgehead atoms. The van der Waals surface area contributed by atoms with Gasteiger partial charge in [0.15, 0.2) is 0 Å². The second-order valence-corrected chi connectivity index (χ2v) is 8.14. The summed E-state index contributed by atoms with van der Waals surface area (Å²) in [4.78, 5) is 34.6. The first-order valence-electron chi connectivity index (χ1n) is 10.6. The van der Waals surface area contributed by atoms with Crippen LogP contribution in [0.3, 0.4) is 0 Å². The van der Waals surface area contributed by atoms with Crippen molar-refractivity contribution in [3.8, 4) is 0 Å². The Hall–Kier alpha value is -3.44. The lowest BCUT2D eigenvalue weighted by Gasteiger charge is -2.25. The minimum absolute atomic E-state index is 0.304. The van der Waals surface area contributed by atoms with Crippen molar-refractivity contribution in [2.75, 3.05) is 18.0 Å². The first kappa shape index (κ1) is 21.8. The molecule has 1 aliphatic rings. The molecule has 162 valence electrons. The molecule has 32 heavy (non-hydrogen) atoms. The number of carbonyl (C=O) groups excluding carboxylic acids is 2. The fourth-order valence-electron chi connectivity index (χ4n) is 3.93. The van der Waals surface area contributed by atoms with Gasteiger partial charge < -0.3 is 4.90 Å². The number of carbonyl (C=O) groups is 2. The highest BCUT2D eigenvalue weighted by Gasteiger charge is 2.42. The fraction of sp³-hybridized carbons (Fsp3) is 0.192. The monoisotopic (exact) mass is 445 g/mol. The van der Waals surface area contributed by atoms with Crippen molar-refractivity contribution in [3.05, 3.63) is 100 Å². The molecule has 0 atom stereocenters. The number of aryl methyl sites for hydroxylation is 1. The number of pyridine rings is 1. The Morgan fingerprint density at radius 2 is 1.69 bits per heavy atom. The van der Waals surface area contributed by atoms with E-state index in [1.807, 2.05) is 49.1 Å². The average molecular weight is 446 g/mol. The standard InChI is InChI=1S/C26H24ClN3O2/c1-3-29(16-13-19-11-14-28-15-12-19)24-23(20-7-9-21(27)10-8-20)25(31)30(26(24)32)22-6-4-5-18(2)17-22/h4-12,14-15,17H,3,13,16H2,1-2H3. The molecule has 0 aliphatic carbocycles. The summed E-state index contributed by atoms with van der Waals surface area (Å²) >= 11 is 6.08. The van der Waals surface area contributed by atoms with Crippen molar-refractivity contribution >= 4 is 34.7 Å². The molecule has 0 N–H and O–H groups in total. The number of amides is 2. The highest BCUT2D eigenvalue weighted by atomic mass is 35.5. The number of likely N-dealkylation sites (N-methyl/N-ethyl adjacent to an activating group) is 1. The smallest absolute Gasteiger partial charge is 0.282 e. The van der Waals surface area contributed by atoms with E-state index < -0.39 is 0 Å². The zero-order valence-corrected chi connectivity index (χ0v) is 18.8. The van der Waals surface area contributed by atoms with E-state index in [0.717, 1.165) is 17.5 Å². The molecule has 2 amide bonds. The Balaban J connectivity index is 1.76. The third kappa shape index (κ3) is 4.30. The third-order valence-electron chi connectivity index (χ3n) is 5.57. The van der Waals surface area contributed by atoms with E-state index in [-0.39, 0.29) is 11.8 Å². The maximum absolute atomic E-state index is 13.7. The van der Waals surface area contributed by atoms with Gasteiger partial charge in [0.05, 0.1) is 11.3 Å². The van der Waals surface area contributed by atoms with E-state index in [9.17, 15) is 9.59 Å². The summed E-state index contributed by atoms with van der Waals surface area (Å²) in [6.45, 7) is 5.13. The molecule has 1 aliphatic heterocycles. The molecule has 0 saturated heterocycles. The maximum atomic E-state index is 13.7. The van der Waals surface area contributed by atoms with Crippen molar-refractivity contribution in [2.24, 2.45) is 0 Å². The Labute approximate surface area is 193 Å². The normalized spacial score (nSPS) is 13.8. The van der Waals surface area contributed by atoms with Crippen LogP contribution in [0.2, 0.25) is 5.02 Å². The van der Waals surface area contributed by atoms with Crippen LogP contribution in [0.4, 0.5) is 5.69 Å². The van der Waals surface area contributed by atoms with E-state index in [1.54, 1.807) is 42.7 Å². The number of hydrogen-bond donors (Lipinski definition) is 0. The zero-order chi connectivity index (χ0) is 22.7. The number of nitrogens with zero attached hydrogens (tertiary/aromatic N) is 3. The van der Waals surface area contributed by atoms with Crippen LogP contribution in [0, 0.1) is 6.92 Å². The number of aromatic nitrogens is 1. The number of imide groups is 1. The minimum Gasteiger partial charge on any atom is -0.366 e. The second kappa shape index (κ2) is 9.37. The second-order valence-electron chi connectivity index (χ2n) is 7.70. The first-order valence-corrected chi connectivity index (χ1v) is 11.0. The minimum atomic E-state index is -0.319. The van der Waals surface area contributed by atoms with Gasteiger partial charge in [-0.2, -0.15) is 0 Å². The van der Waals surface area contributed by atoms with Gasteiger partial charge in [0, 0.05) is 30.5 Å². The van der Waals surface area contributed by atoms with Gasteiger partial charge in [-0.25, -0.2) is 4.90 Å². The fourth-order valence-corrected chi connectivity index (χ4v) is 4.06. The Kier molecular flexibility index (Phi) is 6.37.